The fourth-order valence-electron chi connectivity index (χ4n) is 1.83. The summed E-state index contributed by atoms with van der Waals surface area (Å²) < 4.78 is 0. The van der Waals surface area contributed by atoms with Crippen LogP contribution in [-0.2, 0) is 4.79 Å². The van der Waals surface area contributed by atoms with Crippen LogP contribution in [0.3, 0.4) is 0 Å². The van der Waals surface area contributed by atoms with E-state index in [1.165, 1.54) is 6.08 Å². The second-order valence-corrected chi connectivity index (χ2v) is 4.64. The van der Waals surface area contributed by atoms with Crippen molar-refractivity contribution in [1.82, 2.24) is 5.32 Å². The molecule has 3 heteroatoms. The molecule has 2 rings (SSSR count). The van der Waals surface area contributed by atoms with Gasteiger partial charge in [-0.3, -0.25) is 9.59 Å². The molecule has 0 bridgehead atoms. The molecule has 0 aliphatic heterocycles. The lowest BCUT2D eigenvalue weighted by atomic mass is 10.1. The van der Waals surface area contributed by atoms with Crippen molar-refractivity contribution in [2.45, 2.75) is 0 Å². The smallest absolute Gasteiger partial charge is 0.244 e. The monoisotopic (exact) mass is 291 g/mol. The van der Waals surface area contributed by atoms with E-state index < -0.39 is 0 Å². The first-order chi connectivity index (χ1) is 10.8. The summed E-state index contributed by atoms with van der Waals surface area (Å²) in [7, 11) is 0. The molecule has 3 nitrogen and oxygen atoms in total. The Morgan fingerprint density at radius 1 is 0.864 bits per heavy atom. The first-order valence-corrected chi connectivity index (χ1v) is 7.01. The van der Waals surface area contributed by atoms with Crippen molar-refractivity contribution in [1.29, 1.82) is 0 Å². The Bertz CT molecular complexity index is 673. The fraction of sp³-hybridized carbons (Fsp3) is 0.0526. The highest BCUT2D eigenvalue weighted by molar-refractivity contribution is 6.00. The van der Waals surface area contributed by atoms with Crippen molar-refractivity contribution in [2.75, 3.05) is 6.54 Å². The van der Waals surface area contributed by atoms with E-state index in [1.54, 1.807) is 36.4 Å². The lowest BCUT2D eigenvalue weighted by Gasteiger charge is -2.01. The van der Waals surface area contributed by atoms with E-state index in [4.69, 9.17) is 0 Å². The molecule has 1 amide bonds. The number of allylic oxidation sites excluding steroid dienone is 2. The summed E-state index contributed by atoms with van der Waals surface area (Å²) in [6.07, 6.45) is 6.74. The van der Waals surface area contributed by atoms with Crippen LogP contribution in [0.4, 0.5) is 0 Å². The lowest BCUT2D eigenvalue weighted by Crippen LogP contribution is -2.27. The van der Waals surface area contributed by atoms with Gasteiger partial charge in [0, 0.05) is 11.6 Å². The Hall–Kier alpha value is -2.94. The SMILES string of the molecule is O=C(/C=C\C=C\c1ccccc1)NCC(=O)c1ccccc1. The number of nitrogens with one attached hydrogen (secondary N) is 1. The molecule has 22 heavy (non-hydrogen) atoms. The largest absolute Gasteiger partial charge is 0.345 e. The molecule has 0 unspecified atom stereocenters. The number of amides is 1. The second-order valence-electron chi connectivity index (χ2n) is 4.64. The molecule has 0 saturated heterocycles. The fourth-order valence-corrected chi connectivity index (χ4v) is 1.83. The third kappa shape index (κ3) is 5.21. The normalized spacial score (nSPS) is 10.9. The minimum Gasteiger partial charge on any atom is -0.345 e. The van der Waals surface area contributed by atoms with Gasteiger partial charge in [0.2, 0.25) is 5.91 Å². The number of carbonyl (C=O) groups excluding carboxylic acids is 2. The average molecular weight is 291 g/mol. The van der Waals surface area contributed by atoms with Crippen LogP contribution in [0.25, 0.3) is 6.08 Å². The highest BCUT2D eigenvalue weighted by Gasteiger charge is 2.05. The first kappa shape index (κ1) is 15.4. The summed E-state index contributed by atoms with van der Waals surface area (Å²) in [5.41, 5.74) is 1.66. The average Bonchev–Trinajstić information content (AvgIpc) is 2.58. The molecule has 2 aromatic carbocycles. The van der Waals surface area contributed by atoms with Crippen molar-refractivity contribution in [3.8, 4) is 0 Å². The number of carbonyl (C=O) groups is 2. The van der Waals surface area contributed by atoms with Gasteiger partial charge in [-0.15, -0.1) is 0 Å². The Morgan fingerprint density at radius 2 is 1.50 bits per heavy atom. The zero-order chi connectivity index (χ0) is 15.6. The molecular weight excluding hydrogens is 274 g/mol. The van der Waals surface area contributed by atoms with Crippen molar-refractivity contribution in [3.63, 3.8) is 0 Å². The maximum Gasteiger partial charge on any atom is 0.244 e. The van der Waals surface area contributed by atoms with Crippen LogP contribution < -0.4 is 5.32 Å². The zero-order valence-electron chi connectivity index (χ0n) is 12.1. The van der Waals surface area contributed by atoms with Gasteiger partial charge in [0.1, 0.15) is 0 Å². The molecule has 0 saturated carbocycles. The van der Waals surface area contributed by atoms with Gasteiger partial charge < -0.3 is 5.32 Å². The lowest BCUT2D eigenvalue weighted by molar-refractivity contribution is -0.116. The van der Waals surface area contributed by atoms with Crippen LogP contribution >= 0.6 is 0 Å². The maximum atomic E-state index is 11.8. The van der Waals surface area contributed by atoms with Gasteiger partial charge in [-0.1, -0.05) is 78.9 Å². The van der Waals surface area contributed by atoms with Gasteiger partial charge >= 0.3 is 0 Å². The quantitative estimate of drug-likeness (QED) is 0.504. The van der Waals surface area contributed by atoms with Gasteiger partial charge in [-0.25, -0.2) is 0 Å². The Morgan fingerprint density at radius 3 is 2.18 bits per heavy atom. The predicted octanol–water partition coefficient (Wildman–Crippen LogP) is 3.26. The van der Waals surface area contributed by atoms with E-state index in [0.717, 1.165) is 5.56 Å². The van der Waals surface area contributed by atoms with Gasteiger partial charge in [0.15, 0.2) is 5.78 Å². The van der Waals surface area contributed by atoms with E-state index in [9.17, 15) is 9.59 Å². The van der Waals surface area contributed by atoms with Crippen LogP contribution in [0.2, 0.25) is 0 Å². The molecule has 0 aromatic heterocycles. The molecule has 110 valence electrons. The molecule has 0 fully saturated rings. The molecule has 0 atom stereocenters. The van der Waals surface area contributed by atoms with Crippen LogP contribution in [0.1, 0.15) is 15.9 Å². The minimum atomic E-state index is -0.290. The van der Waals surface area contributed by atoms with Gasteiger partial charge in [0.25, 0.3) is 0 Å². The van der Waals surface area contributed by atoms with Crippen molar-refractivity contribution in [3.05, 3.63) is 90.0 Å². The minimum absolute atomic E-state index is 0.00438. The molecule has 0 aliphatic rings. The Labute approximate surface area is 130 Å². The highest BCUT2D eigenvalue weighted by Crippen LogP contribution is 2.01. The van der Waals surface area contributed by atoms with E-state index in [1.807, 2.05) is 42.5 Å². The Kier molecular flexibility index (Phi) is 5.88. The van der Waals surface area contributed by atoms with E-state index >= 15 is 0 Å². The van der Waals surface area contributed by atoms with Crippen LogP contribution in [-0.4, -0.2) is 18.2 Å². The van der Waals surface area contributed by atoms with E-state index in [-0.39, 0.29) is 18.2 Å². The molecule has 0 radical (unpaired) electrons. The zero-order valence-corrected chi connectivity index (χ0v) is 12.1. The van der Waals surface area contributed by atoms with E-state index in [0.29, 0.717) is 5.56 Å². The number of hydrogen-bond acceptors (Lipinski definition) is 2. The summed E-state index contributed by atoms with van der Waals surface area (Å²) in [6.45, 7) is -0.00438. The summed E-state index contributed by atoms with van der Waals surface area (Å²) in [4.78, 5) is 23.4. The predicted molar refractivity (Wildman–Crippen MR) is 88.4 cm³/mol. The standard InChI is InChI=1S/C19H17NO2/c21-18(17-12-5-2-6-13-17)15-20-19(22)14-8-7-11-16-9-3-1-4-10-16/h1-14H,15H2,(H,20,22)/b11-7+,14-8-. The molecule has 0 heterocycles. The molecular formula is C19H17NO2. The summed E-state index contributed by atoms with van der Waals surface area (Å²) in [6, 6.07) is 18.7. The van der Waals surface area contributed by atoms with Crippen LogP contribution in [0, 0.1) is 0 Å². The molecule has 0 aliphatic carbocycles. The third-order valence-electron chi connectivity index (χ3n) is 2.97. The second kappa shape index (κ2) is 8.37. The summed E-state index contributed by atoms with van der Waals surface area (Å²) in [5.74, 6) is -0.399. The van der Waals surface area contributed by atoms with Gasteiger partial charge in [-0.2, -0.15) is 0 Å². The summed E-state index contributed by atoms with van der Waals surface area (Å²) in [5, 5.41) is 2.57. The number of rotatable bonds is 6. The molecule has 2 aromatic rings. The van der Waals surface area contributed by atoms with Crippen molar-refractivity contribution < 1.29 is 9.59 Å². The highest BCUT2D eigenvalue weighted by atomic mass is 16.2. The number of Topliss-reactive ketones (excluding diaryl/α,β-unsaturated/α-hetero) is 1. The van der Waals surface area contributed by atoms with Gasteiger partial charge in [-0.05, 0) is 5.56 Å². The van der Waals surface area contributed by atoms with Crippen molar-refractivity contribution >= 4 is 17.8 Å². The summed E-state index contributed by atoms with van der Waals surface area (Å²) >= 11 is 0. The topological polar surface area (TPSA) is 46.2 Å². The molecule has 1 N–H and O–H groups in total. The molecule has 0 spiro atoms. The number of hydrogen-bond donors (Lipinski definition) is 1. The first-order valence-electron chi connectivity index (χ1n) is 7.01. The van der Waals surface area contributed by atoms with Gasteiger partial charge in [0.05, 0.1) is 6.54 Å². The number of ketones is 1. The number of benzene rings is 2. The van der Waals surface area contributed by atoms with Crippen LogP contribution in [0.5, 0.6) is 0 Å². The van der Waals surface area contributed by atoms with E-state index in [2.05, 4.69) is 5.32 Å². The third-order valence-corrected chi connectivity index (χ3v) is 2.97. The van der Waals surface area contributed by atoms with Crippen molar-refractivity contribution in [2.24, 2.45) is 0 Å². The Balaban J connectivity index is 1.77. The maximum absolute atomic E-state index is 11.8. The van der Waals surface area contributed by atoms with Crippen LogP contribution in [0.15, 0.2) is 78.9 Å².